The molecule has 3 nitrogen and oxygen atoms in total. The summed E-state index contributed by atoms with van der Waals surface area (Å²) in [6, 6.07) is 7.69. The maximum Gasteiger partial charge on any atom is 0.103 e. The van der Waals surface area contributed by atoms with Gasteiger partial charge in [-0.3, -0.25) is 0 Å². The van der Waals surface area contributed by atoms with Gasteiger partial charge >= 0.3 is 0 Å². The predicted octanol–water partition coefficient (Wildman–Crippen LogP) is 3.01. The summed E-state index contributed by atoms with van der Waals surface area (Å²) in [5.41, 5.74) is 1.67. The van der Waals surface area contributed by atoms with E-state index in [9.17, 15) is 0 Å². The Labute approximate surface area is 113 Å². The van der Waals surface area contributed by atoms with Gasteiger partial charge in [-0.25, -0.2) is 0 Å². The normalized spacial score (nSPS) is 18.1. The molecule has 18 heavy (non-hydrogen) atoms. The van der Waals surface area contributed by atoms with Crippen LogP contribution in [-0.2, 0) is 0 Å². The molecule has 0 aromatic heterocycles. The number of hydrogen-bond acceptors (Lipinski definition) is 3. The second-order valence-corrected chi connectivity index (χ2v) is 5.60. The zero-order valence-corrected chi connectivity index (χ0v) is 11.3. The smallest absolute Gasteiger partial charge is 0.103 e. The second-order valence-electron chi connectivity index (χ2n) is 5.19. The van der Waals surface area contributed by atoms with Gasteiger partial charge in [-0.05, 0) is 43.5 Å². The third-order valence-corrected chi connectivity index (χ3v) is 3.96. The highest BCUT2D eigenvalue weighted by molar-refractivity contribution is 6.32. The number of piperidine rings is 1. The molecule has 0 unspecified atom stereocenters. The number of nitrogens with one attached hydrogen (secondary N) is 2. The van der Waals surface area contributed by atoms with Crippen molar-refractivity contribution in [2.75, 3.05) is 25.0 Å². The monoisotopic (exact) mass is 263 g/mol. The predicted molar refractivity (Wildman–Crippen MR) is 74.9 cm³/mol. The van der Waals surface area contributed by atoms with Crippen LogP contribution in [0.3, 0.4) is 0 Å². The van der Waals surface area contributed by atoms with Crippen molar-refractivity contribution in [3.05, 3.63) is 28.8 Å². The zero-order chi connectivity index (χ0) is 13.0. The van der Waals surface area contributed by atoms with E-state index < -0.39 is 0 Å². The molecule has 0 amide bonds. The van der Waals surface area contributed by atoms with Crippen molar-refractivity contribution >= 4 is 17.3 Å². The summed E-state index contributed by atoms with van der Waals surface area (Å²) >= 11 is 6.01. The highest BCUT2D eigenvalue weighted by atomic mass is 35.5. The van der Waals surface area contributed by atoms with Gasteiger partial charge < -0.3 is 10.6 Å². The van der Waals surface area contributed by atoms with Crippen LogP contribution in [0.2, 0.25) is 5.02 Å². The van der Waals surface area contributed by atoms with E-state index in [2.05, 4.69) is 23.6 Å². The van der Waals surface area contributed by atoms with E-state index in [1.54, 1.807) is 6.07 Å². The van der Waals surface area contributed by atoms with Gasteiger partial charge in [0.05, 0.1) is 16.3 Å². The summed E-state index contributed by atoms with van der Waals surface area (Å²) in [6.45, 7) is 5.30. The zero-order valence-electron chi connectivity index (χ0n) is 10.6. The van der Waals surface area contributed by atoms with Gasteiger partial charge in [0.15, 0.2) is 0 Å². The van der Waals surface area contributed by atoms with Crippen molar-refractivity contribution in [1.82, 2.24) is 5.32 Å². The summed E-state index contributed by atoms with van der Waals surface area (Å²) in [6.07, 6.45) is 2.31. The van der Waals surface area contributed by atoms with Crippen molar-refractivity contribution in [3.8, 4) is 6.07 Å². The molecule has 2 N–H and O–H groups in total. The molecule has 0 bridgehead atoms. The van der Waals surface area contributed by atoms with E-state index in [0.29, 0.717) is 16.0 Å². The van der Waals surface area contributed by atoms with E-state index in [1.165, 1.54) is 0 Å². The first kappa shape index (κ1) is 13.2. The van der Waals surface area contributed by atoms with Crippen LogP contribution in [0.25, 0.3) is 0 Å². The number of rotatable bonds is 3. The Hall–Kier alpha value is -1.24. The largest absolute Gasteiger partial charge is 0.383 e. The Morgan fingerprint density at radius 2 is 2.17 bits per heavy atom. The van der Waals surface area contributed by atoms with Crippen LogP contribution in [0.1, 0.15) is 25.3 Å². The van der Waals surface area contributed by atoms with Crippen LogP contribution in [0.15, 0.2) is 18.2 Å². The lowest BCUT2D eigenvalue weighted by molar-refractivity contribution is 0.247. The summed E-state index contributed by atoms with van der Waals surface area (Å²) in [5.74, 6) is 0. The molecule has 0 saturated carbocycles. The topological polar surface area (TPSA) is 47.9 Å². The van der Waals surface area contributed by atoms with Crippen LogP contribution in [0, 0.1) is 16.7 Å². The molecule has 1 saturated heterocycles. The lowest BCUT2D eigenvalue weighted by Gasteiger charge is -2.34. The van der Waals surface area contributed by atoms with Crippen molar-refractivity contribution in [2.45, 2.75) is 19.8 Å². The Morgan fingerprint density at radius 1 is 1.44 bits per heavy atom. The van der Waals surface area contributed by atoms with Crippen LogP contribution >= 0.6 is 11.6 Å². The van der Waals surface area contributed by atoms with Gasteiger partial charge in [0.2, 0.25) is 0 Å². The van der Waals surface area contributed by atoms with E-state index in [0.717, 1.165) is 38.2 Å². The van der Waals surface area contributed by atoms with E-state index in [1.807, 2.05) is 12.1 Å². The number of halogens is 1. The fourth-order valence-corrected chi connectivity index (χ4v) is 2.52. The molecule has 0 radical (unpaired) electrons. The highest BCUT2D eigenvalue weighted by Gasteiger charge is 2.26. The first-order valence-corrected chi connectivity index (χ1v) is 6.66. The van der Waals surface area contributed by atoms with E-state index in [4.69, 9.17) is 16.9 Å². The Bertz CT molecular complexity index is 459. The third kappa shape index (κ3) is 2.95. The van der Waals surface area contributed by atoms with E-state index in [-0.39, 0.29) is 0 Å². The average molecular weight is 264 g/mol. The summed E-state index contributed by atoms with van der Waals surface area (Å²) < 4.78 is 0. The first-order chi connectivity index (χ1) is 8.64. The van der Waals surface area contributed by atoms with Gasteiger partial charge in [-0.1, -0.05) is 24.6 Å². The maximum atomic E-state index is 9.12. The van der Waals surface area contributed by atoms with E-state index >= 15 is 0 Å². The Kier molecular flexibility index (Phi) is 4.11. The number of benzene rings is 1. The van der Waals surface area contributed by atoms with Gasteiger partial charge in [-0.15, -0.1) is 0 Å². The molecule has 1 aromatic rings. The van der Waals surface area contributed by atoms with Crippen LogP contribution < -0.4 is 10.6 Å². The summed E-state index contributed by atoms with van der Waals surface area (Å²) in [4.78, 5) is 0. The quantitative estimate of drug-likeness (QED) is 0.881. The average Bonchev–Trinajstić information content (AvgIpc) is 2.37. The SMILES string of the molecule is CC1(CNc2cccc(Cl)c2C#N)CCNCC1. The molecule has 0 spiro atoms. The Morgan fingerprint density at radius 3 is 2.83 bits per heavy atom. The minimum atomic E-state index is 0.292. The van der Waals surface area contributed by atoms with Gasteiger partial charge in [-0.2, -0.15) is 5.26 Å². The maximum absolute atomic E-state index is 9.12. The van der Waals surface area contributed by atoms with Crippen molar-refractivity contribution < 1.29 is 0 Å². The molecule has 4 heteroatoms. The molecule has 2 rings (SSSR count). The molecule has 96 valence electrons. The molecular weight excluding hydrogens is 246 g/mol. The number of hydrogen-bond donors (Lipinski definition) is 2. The van der Waals surface area contributed by atoms with Crippen molar-refractivity contribution in [3.63, 3.8) is 0 Å². The lowest BCUT2D eigenvalue weighted by Crippen LogP contribution is -2.39. The lowest BCUT2D eigenvalue weighted by atomic mass is 9.81. The fraction of sp³-hybridized carbons (Fsp3) is 0.500. The van der Waals surface area contributed by atoms with Crippen LogP contribution in [0.5, 0.6) is 0 Å². The van der Waals surface area contributed by atoms with Crippen molar-refractivity contribution in [2.24, 2.45) is 5.41 Å². The molecule has 1 aromatic carbocycles. The number of nitrogens with zero attached hydrogens (tertiary/aromatic N) is 1. The molecule has 1 aliphatic rings. The summed E-state index contributed by atoms with van der Waals surface area (Å²) in [5, 5.41) is 16.4. The molecule has 0 atom stereocenters. The van der Waals surface area contributed by atoms with Crippen LogP contribution in [-0.4, -0.2) is 19.6 Å². The molecule has 1 heterocycles. The molecular formula is C14H18ClN3. The van der Waals surface area contributed by atoms with Crippen LogP contribution in [0.4, 0.5) is 5.69 Å². The molecule has 1 fully saturated rings. The molecule has 0 aliphatic carbocycles. The Balaban J connectivity index is 2.06. The minimum absolute atomic E-state index is 0.292. The fourth-order valence-electron chi connectivity index (χ4n) is 2.30. The van der Waals surface area contributed by atoms with Crippen molar-refractivity contribution in [1.29, 1.82) is 5.26 Å². The highest BCUT2D eigenvalue weighted by Crippen LogP contribution is 2.30. The molecule has 1 aliphatic heterocycles. The van der Waals surface area contributed by atoms with Gasteiger partial charge in [0.25, 0.3) is 0 Å². The third-order valence-electron chi connectivity index (χ3n) is 3.64. The first-order valence-electron chi connectivity index (χ1n) is 6.28. The van der Waals surface area contributed by atoms with Gasteiger partial charge in [0.1, 0.15) is 6.07 Å². The number of anilines is 1. The standard InChI is InChI=1S/C14H18ClN3/c1-14(5-7-17-8-6-14)10-18-13-4-2-3-12(15)11(13)9-16/h2-4,17-18H,5-8,10H2,1H3. The minimum Gasteiger partial charge on any atom is -0.383 e. The second kappa shape index (κ2) is 5.60. The van der Waals surface area contributed by atoms with Gasteiger partial charge in [0, 0.05) is 6.54 Å². The number of nitriles is 1. The summed E-state index contributed by atoms with van der Waals surface area (Å²) in [7, 11) is 0.